The van der Waals surface area contributed by atoms with Crippen LogP contribution in [0.4, 0.5) is 0 Å². The average molecular weight is 321 g/mol. The zero-order chi connectivity index (χ0) is 16.1. The molecule has 2 heterocycles. The van der Waals surface area contributed by atoms with E-state index in [9.17, 15) is 19.2 Å². The maximum Gasteiger partial charge on any atom is 0.317 e. The molecule has 0 aromatic rings. The monoisotopic (exact) mass is 321 g/mol. The molecule has 2 aliphatic heterocycles. The summed E-state index contributed by atoms with van der Waals surface area (Å²) in [6.45, 7) is 0. The van der Waals surface area contributed by atoms with E-state index in [2.05, 4.69) is 5.32 Å². The van der Waals surface area contributed by atoms with Crippen LogP contribution < -0.4 is 5.32 Å². The van der Waals surface area contributed by atoms with Crippen molar-refractivity contribution in [1.29, 1.82) is 0 Å². The quantitative estimate of drug-likeness (QED) is 0.577. The highest BCUT2D eigenvalue weighted by Gasteiger charge is 2.50. The maximum absolute atomic E-state index is 11.7. The number of esters is 4. The third kappa shape index (κ3) is 2.47. The van der Waals surface area contributed by atoms with Gasteiger partial charge in [-0.1, -0.05) is 0 Å². The molecule has 2 saturated heterocycles. The predicted molar refractivity (Wildman–Crippen MR) is 74.6 cm³/mol. The zero-order valence-electron chi connectivity index (χ0n) is 12.7. The lowest BCUT2D eigenvalue weighted by molar-refractivity contribution is -0.155. The van der Waals surface area contributed by atoms with Crippen LogP contribution in [0.15, 0.2) is 0 Å². The largest absolute Gasteiger partial charge is 0.393 e. The first-order chi connectivity index (χ1) is 11.0. The van der Waals surface area contributed by atoms with Crippen LogP contribution in [0, 0.1) is 23.7 Å². The minimum Gasteiger partial charge on any atom is -0.393 e. The molecule has 0 spiro atoms. The Morgan fingerprint density at radius 2 is 1.00 bits per heavy atom. The highest BCUT2D eigenvalue weighted by molar-refractivity contribution is 5.97. The molecule has 7 heteroatoms. The van der Waals surface area contributed by atoms with E-state index in [0.29, 0.717) is 25.7 Å². The van der Waals surface area contributed by atoms with Gasteiger partial charge in [0.25, 0.3) is 0 Å². The molecule has 6 atom stereocenters. The number of hydrogen-bond acceptors (Lipinski definition) is 7. The second kappa shape index (κ2) is 5.40. The molecule has 0 radical (unpaired) electrons. The molecule has 4 fully saturated rings. The predicted octanol–water partition coefficient (Wildman–Crippen LogP) is 0.313. The van der Waals surface area contributed by atoms with Crippen LogP contribution in [0.3, 0.4) is 0 Å². The zero-order valence-corrected chi connectivity index (χ0v) is 12.7. The second-order valence-corrected chi connectivity index (χ2v) is 7.09. The normalized spacial score (nSPS) is 43.0. The van der Waals surface area contributed by atoms with Crippen LogP contribution in [-0.2, 0) is 28.7 Å². The molecular formula is C16H19NO6. The minimum atomic E-state index is -0.403. The van der Waals surface area contributed by atoms with Gasteiger partial charge in [0.2, 0.25) is 0 Å². The Kier molecular flexibility index (Phi) is 3.48. The van der Waals surface area contributed by atoms with Gasteiger partial charge in [-0.25, -0.2) is 0 Å². The Morgan fingerprint density at radius 3 is 1.43 bits per heavy atom. The first kappa shape index (κ1) is 14.8. The van der Waals surface area contributed by atoms with E-state index in [1.165, 1.54) is 0 Å². The Balaban J connectivity index is 1.36. The van der Waals surface area contributed by atoms with Crippen LogP contribution in [-0.4, -0.2) is 36.0 Å². The molecule has 0 aromatic heterocycles. The van der Waals surface area contributed by atoms with Crippen molar-refractivity contribution in [1.82, 2.24) is 5.32 Å². The van der Waals surface area contributed by atoms with Gasteiger partial charge >= 0.3 is 23.9 Å². The summed E-state index contributed by atoms with van der Waals surface area (Å²) in [5.74, 6) is -2.79. The molecule has 2 saturated carbocycles. The van der Waals surface area contributed by atoms with Gasteiger partial charge in [0, 0.05) is 12.1 Å². The van der Waals surface area contributed by atoms with Crippen molar-refractivity contribution in [3.05, 3.63) is 0 Å². The first-order valence-electron chi connectivity index (χ1n) is 8.30. The van der Waals surface area contributed by atoms with Gasteiger partial charge in [-0.15, -0.1) is 0 Å². The van der Waals surface area contributed by atoms with Crippen molar-refractivity contribution in [2.75, 3.05) is 0 Å². The lowest BCUT2D eigenvalue weighted by atomic mass is 9.76. The van der Waals surface area contributed by atoms with E-state index in [1.54, 1.807) is 0 Å². The number of carbonyl (C=O) groups excluding carboxylic acids is 4. The number of cyclic esters (lactones) is 4. The van der Waals surface area contributed by atoms with Gasteiger partial charge in [-0.2, -0.15) is 0 Å². The third-order valence-electron chi connectivity index (χ3n) is 5.79. The number of rotatable bonds is 2. The summed E-state index contributed by atoms with van der Waals surface area (Å²) < 4.78 is 9.45. The molecule has 23 heavy (non-hydrogen) atoms. The number of ether oxygens (including phenoxy) is 2. The molecule has 2 aliphatic carbocycles. The average Bonchev–Trinajstić information content (AvgIpc) is 2.96. The fourth-order valence-corrected chi connectivity index (χ4v) is 4.56. The first-order valence-corrected chi connectivity index (χ1v) is 8.30. The van der Waals surface area contributed by atoms with Crippen LogP contribution in [0.1, 0.15) is 38.5 Å². The van der Waals surface area contributed by atoms with Gasteiger partial charge in [0.05, 0.1) is 23.7 Å². The van der Waals surface area contributed by atoms with Gasteiger partial charge < -0.3 is 14.8 Å². The Labute approximate surface area is 133 Å². The van der Waals surface area contributed by atoms with Crippen LogP contribution in [0.2, 0.25) is 0 Å². The van der Waals surface area contributed by atoms with Gasteiger partial charge in [-0.3, -0.25) is 19.2 Å². The fourth-order valence-electron chi connectivity index (χ4n) is 4.56. The number of nitrogens with one attached hydrogen (secondary N) is 1. The smallest absolute Gasteiger partial charge is 0.317 e. The van der Waals surface area contributed by atoms with Crippen molar-refractivity contribution in [3.8, 4) is 0 Å². The summed E-state index contributed by atoms with van der Waals surface area (Å²) in [5.41, 5.74) is 0. The van der Waals surface area contributed by atoms with E-state index in [0.717, 1.165) is 12.8 Å². The van der Waals surface area contributed by atoms with E-state index in [4.69, 9.17) is 9.47 Å². The number of carbonyl (C=O) groups is 4. The van der Waals surface area contributed by atoms with Crippen molar-refractivity contribution in [2.24, 2.45) is 23.7 Å². The molecule has 0 bridgehead atoms. The molecule has 4 rings (SSSR count). The highest BCUT2D eigenvalue weighted by atomic mass is 16.6. The van der Waals surface area contributed by atoms with Gasteiger partial charge in [-0.05, 0) is 38.5 Å². The summed E-state index contributed by atoms with van der Waals surface area (Å²) in [6.07, 6.45) is 4.15. The Bertz CT molecular complexity index is 537. The van der Waals surface area contributed by atoms with Gasteiger partial charge in [0.15, 0.2) is 0 Å². The third-order valence-corrected chi connectivity index (χ3v) is 5.79. The molecule has 4 aliphatic rings. The molecule has 7 nitrogen and oxygen atoms in total. The lowest BCUT2D eigenvalue weighted by Gasteiger charge is -2.35. The van der Waals surface area contributed by atoms with Crippen LogP contribution in [0.5, 0.6) is 0 Å². The van der Waals surface area contributed by atoms with Crippen LogP contribution in [0.25, 0.3) is 0 Å². The minimum absolute atomic E-state index is 0.143. The lowest BCUT2D eigenvalue weighted by Crippen LogP contribution is -2.47. The molecule has 0 amide bonds. The molecular weight excluding hydrogens is 302 g/mol. The fraction of sp³-hybridized carbons (Fsp3) is 0.750. The molecule has 6 unspecified atom stereocenters. The van der Waals surface area contributed by atoms with Crippen molar-refractivity contribution >= 4 is 23.9 Å². The van der Waals surface area contributed by atoms with E-state index in [1.807, 2.05) is 0 Å². The van der Waals surface area contributed by atoms with Gasteiger partial charge in [0.1, 0.15) is 0 Å². The topological polar surface area (TPSA) is 98.8 Å². The van der Waals surface area contributed by atoms with Crippen LogP contribution >= 0.6 is 0 Å². The second-order valence-electron chi connectivity index (χ2n) is 7.09. The summed E-state index contributed by atoms with van der Waals surface area (Å²) in [5, 5.41) is 3.52. The SMILES string of the molecule is O=C1OC(=O)C2CC(NC3CCC4C(=O)OC(=O)C4C3)CCC12. The number of fused-ring (bicyclic) bond motifs is 2. The van der Waals surface area contributed by atoms with Crippen molar-refractivity contribution in [2.45, 2.75) is 50.6 Å². The summed E-state index contributed by atoms with van der Waals surface area (Å²) in [4.78, 5) is 46.6. The van der Waals surface area contributed by atoms with E-state index < -0.39 is 11.9 Å². The number of hydrogen-bond donors (Lipinski definition) is 1. The van der Waals surface area contributed by atoms with Crippen molar-refractivity contribution < 1.29 is 28.7 Å². The molecule has 1 N–H and O–H groups in total. The highest BCUT2D eigenvalue weighted by Crippen LogP contribution is 2.39. The van der Waals surface area contributed by atoms with Crippen molar-refractivity contribution in [3.63, 3.8) is 0 Å². The van der Waals surface area contributed by atoms with E-state index >= 15 is 0 Å². The Hall–Kier alpha value is -1.76. The summed E-state index contributed by atoms with van der Waals surface area (Å²) in [6, 6.07) is 0.286. The molecule has 124 valence electrons. The standard InChI is InChI=1S/C16H19NO6/c18-13-9-3-1-7(5-11(9)15(20)22-13)17-8-2-4-10-12(6-8)16(21)23-14(10)19/h7-12,17H,1-6H2. The Morgan fingerprint density at radius 1 is 0.609 bits per heavy atom. The van der Waals surface area contributed by atoms with E-state index in [-0.39, 0.29) is 47.7 Å². The summed E-state index contributed by atoms with van der Waals surface area (Å²) in [7, 11) is 0. The molecule has 0 aromatic carbocycles. The maximum atomic E-state index is 11.7. The summed E-state index contributed by atoms with van der Waals surface area (Å²) >= 11 is 0.